The average molecular weight is 403 g/mol. The number of rotatable bonds is 4. The van der Waals surface area contributed by atoms with E-state index in [4.69, 9.17) is 21.1 Å². The third-order valence-corrected chi connectivity index (χ3v) is 4.32. The third kappa shape index (κ3) is 4.59. The molecule has 0 spiro atoms. The first kappa shape index (κ1) is 18.6. The summed E-state index contributed by atoms with van der Waals surface area (Å²) in [6.07, 6.45) is 4.45. The number of nitrogens with zero attached hydrogens (tertiary/aromatic N) is 1. The quantitative estimate of drug-likeness (QED) is 0.372. The van der Waals surface area contributed by atoms with Crippen molar-refractivity contribution in [1.82, 2.24) is 10.3 Å². The van der Waals surface area contributed by atoms with Gasteiger partial charge in [-0.1, -0.05) is 6.07 Å². The fourth-order valence-corrected chi connectivity index (χ4v) is 2.93. The minimum absolute atomic E-state index is 0.198. The molecule has 144 valence electrons. The van der Waals surface area contributed by atoms with Crippen LogP contribution in [0.2, 0.25) is 0 Å². The molecule has 4 aromatic rings. The lowest BCUT2D eigenvalue weighted by Crippen LogP contribution is -2.32. The van der Waals surface area contributed by atoms with E-state index in [-0.39, 0.29) is 11.0 Å². The lowest BCUT2D eigenvalue weighted by molar-refractivity contribution is -0.115. The Labute approximate surface area is 172 Å². The van der Waals surface area contributed by atoms with Crippen LogP contribution in [-0.4, -0.2) is 16.0 Å². The summed E-state index contributed by atoms with van der Waals surface area (Å²) >= 11 is 5.18. The number of benzene rings is 2. The van der Waals surface area contributed by atoms with Crippen LogP contribution in [0, 0.1) is 6.92 Å². The number of carbonyl (C=O) groups excluding carboxylic acids is 1. The van der Waals surface area contributed by atoms with Crippen LogP contribution in [-0.2, 0) is 4.79 Å². The summed E-state index contributed by atoms with van der Waals surface area (Å²) in [7, 11) is 0. The molecule has 4 rings (SSSR count). The van der Waals surface area contributed by atoms with Gasteiger partial charge in [0.2, 0.25) is 11.8 Å². The van der Waals surface area contributed by atoms with Crippen LogP contribution >= 0.6 is 12.2 Å². The molecule has 1 amide bonds. The highest BCUT2D eigenvalue weighted by Gasteiger charge is 2.09. The van der Waals surface area contributed by atoms with Crippen LogP contribution in [0.5, 0.6) is 0 Å². The van der Waals surface area contributed by atoms with E-state index in [0.29, 0.717) is 11.7 Å². The Bertz CT molecular complexity index is 1190. The number of oxazole rings is 1. The Morgan fingerprint density at radius 2 is 1.97 bits per heavy atom. The van der Waals surface area contributed by atoms with Crippen molar-refractivity contribution in [3.05, 3.63) is 78.3 Å². The Morgan fingerprint density at radius 1 is 1.14 bits per heavy atom. The van der Waals surface area contributed by atoms with Crippen molar-refractivity contribution in [3.8, 4) is 11.5 Å². The predicted octanol–water partition coefficient (Wildman–Crippen LogP) is 4.92. The number of aryl methyl sites for hydroxylation is 1. The second-order valence-electron chi connectivity index (χ2n) is 6.36. The van der Waals surface area contributed by atoms with Crippen LogP contribution in [0.25, 0.3) is 28.6 Å². The maximum absolute atomic E-state index is 11.9. The number of hydrogen-bond acceptors (Lipinski definition) is 5. The van der Waals surface area contributed by atoms with Gasteiger partial charge in [-0.3, -0.25) is 10.1 Å². The number of furan rings is 1. The average Bonchev–Trinajstić information content (AvgIpc) is 3.36. The van der Waals surface area contributed by atoms with Crippen LogP contribution in [0.15, 0.2) is 75.8 Å². The Morgan fingerprint density at radius 3 is 2.72 bits per heavy atom. The van der Waals surface area contributed by atoms with E-state index < -0.39 is 0 Å². The smallest absolute Gasteiger partial charge is 0.250 e. The van der Waals surface area contributed by atoms with E-state index >= 15 is 0 Å². The zero-order chi connectivity index (χ0) is 20.2. The van der Waals surface area contributed by atoms with Gasteiger partial charge >= 0.3 is 0 Å². The van der Waals surface area contributed by atoms with E-state index in [9.17, 15) is 4.79 Å². The predicted molar refractivity (Wildman–Crippen MR) is 116 cm³/mol. The summed E-state index contributed by atoms with van der Waals surface area (Å²) in [6.45, 7) is 2.01. The molecule has 2 aromatic heterocycles. The van der Waals surface area contributed by atoms with Crippen molar-refractivity contribution in [2.75, 3.05) is 5.32 Å². The summed E-state index contributed by atoms with van der Waals surface area (Å²) in [4.78, 5) is 16.4. The second kappa shape index (κ2) is 8.12. The molecule has 2 heterocycles. The van der Waals surface area contributed by atoms with Crippen molar-refractivity contribution in [3.63, 3.8) is 0 Å². The van der Waals surface area contributed by atoms with E-state index in [0.717, 1.165) is 27.9 Å². The summed E-state index contributed by atoms with van der Waals surface area (Å²) in [5.41, 5.74) is 4.28. The van der Waals surface area contributed by atoms with Gasteiger partial charge in [0.05, 0.1) is 6.26 Å². The van der Waals surface area contributed by atoms with Crippen LogP contribution < -0.4 is 10.6 Å². The maximum atomic E-state index is 11.9. The van der Waals surface area contributed by atoms with Gasteiger partial charge in [-0.15, -0.1) is 0 Å². The molecule has 0 saturated heterocycles. The molecule has 0 aliphatic heterocycles. The minimum atomic E-state index is -0.350. The van der Waals surface area contributed by atoms with Crippen molar-refractivity contribution in [2.45, 2.75) is 6.92 Å². The number of hydrogen-bond donors (Lipinski definition) is 2. The molecular weight excluding hydrogens is 386 g/mol. The number of nitrogens with one attached hydrogen (secondary N) is 2. The largest absolute Gasteiger partial charge is 0.465 e. The molecule has 0 fully saturated rings. The highest BCUT2D eigenvalue weighted by atomic mass is 32.1. The number of amides is 1. The van der Waals surface area contributed by atoms with Crippen LogP contribution in [0.4, 0.5) is 5.69 Å². The van der Waals surface area contributed by atoms with Crippen LogP contribution in [0.1, 0.15) is 11.3 Å². The highest BCUT2D eigenvalue weighted by Crippen LogP contribution is 2.25. The Balaban J connectivity index is 1.38. The molecule has 2 aromatic carbocycles. The highest BCUT2D eigenvalue weighted by molar-refractivity contribution is 7.80. The van der Waals surface area contributed by atoms with Gasteiger partial charge in [0.15, 0.2) is 10.7 Å². The SMILES string of the molecule is Cc1ccc2nc(-c3ccc(NC(=S)NC(=O)/C=C/c4ccco4)cc3)oc2c1. The number of thiocarbonyl (C=S) groups is 1. The van der Waals surface area contributed by atoms with Gasteiger partial charge in [0.1, 0.15) is 11.3 Å². The second-order valence-corrected chi connectivity index (χ2v) is 6.77. The molecule has 0 aliphatic rings. The topological polar surface area (TPSA) is 80.3 Å². The molecule has 0 bridgehead atoms. The first-order chi connectivity index (χ1) is 14.1. The zero-order valence-electron chi connectivity index (χ0n) is 15.5. The first-order valence-corrected chi connectivity index (χ1v) is 9.29. The van der Waals surface area contributed by atoms with Crippen LogP contribution in [0.3, 0.4) is 0 Å². The minimum Gasteiger partial charge on any atom is -0.465 e. The Hall–Kier alpha value is -3.71. The molecule has 29 heavy (non-hydrogen) atoms. The molecule has 0 unspecified atom stereocenters. The van der Waals surface area contributed by atoms with Crippen molar-refractivity contribution >= 4 is 46.1 Å². The molecule has 6 nitrogen and oxygen atoms in total. The fourth-order valence-electron chi connectivity index (χ4n) is 2.71. The molecule has 7 heteroatoms. The number of aromatic nitrogens is 1. The monoisotopic (exact) mass is 403 g/mol. The lowest BCUT2D eigenvalue weighted by atomic mass is 10.2. The van der Waals surface area contributed by atoms with E-state index in [1.807, 2.05) is 49.4 Å². The summed E-state index contributed by atoms with van der Waals surface area (Å²) in [5.74, 6) is 0.789. The molecule has 0 radical (unpaired) electrons. The summed E-state index contributed by atoms with van der Waals surface area (Å²) < 4.78 is 11.0. The lowest BCUT2D eigenvalue weighted by Gasteiger charge is -2.08. The molecule has 0 saturated carbocycles. The molecular formula is C22H17N3O3S. The van der Waals surface area contributed by atoms with Gasteiger partial charge < -0.3 is 14.2 Å². The standard InChI is InChI=1S/C22H17N3O3S/c1-14-4-10-18-19(13-14)28-21(24-18)15-5-7-16(8-6-15)23-22(29)25-20(26)11-9-17-3-2-12-27-17/h2-13H,1H3,(H2,23,25,26,29)/b11-9+. The number of carbonyl (C=O) groups is 1. The van der Waals surface area contributed by atoms with Crippen molar-refractivity contribution < 1.29 is 13.6 Å². The molecule has 0 aliphatic carbocycles. The van der Waals surface area contributed by atoms with Gasteiger partial charge in [-0.05, 0) is 79.3 Å². The summed E-state index contributed by atoms with van der Waals surface area (Å²) in [6, 6.07) is 16.8. The molecule has 2 N–H and O–H groups in total. The van der Waals surface area contributed by atoms with E-state index in [1.54, 1.807) is 18.2 Å². The van der Waals surface area contributed by atoms with E-state index in [2.05, 4.69) is 15.6 Å². The first-order valence-electron chi connectivity index (χ1n) is 8.88. The van der Waals surface area contributed by atoms with Gasteiger partial charge in [-0.25, -0.2) is 4.98 Å². The van der Waals surface area contributed by atoms with Gasteiger partial charge in [-0.2, -0.15) is 0 Å². The fraction of sp³-hybridized carbons (Fsp3) is 0.0455. The Kier molecular flexibility index (Phi) is 5.22. The number of fused-ring (bicyclic) bond motifs is 1. The van der Waals surface area contributed by atoms with E-state index in [1.165, 1.54) is 12.3 Å². The third-order valence-electron chi connectivity index (χ3n) is 4.11. The number of anilines is 1. The molecule has 0 atom stereocenters. The van der Waals surface area contributed by atoms with Crippen molar-refractivity contribution in [2.24, 2.45) is 0 Å². The normalized spacial score (nSPS) is 11.1. The maximum Gasteiger partial charge on any atom is 0.250 e. The zero-order valence-corrected chi connectivity index (χ0v) is 16.3. The summed E-state index contributed by atoms with van der Waals surface area (Å²) in [5, 5.41) is 5.75. The van der Waals surface area contributed by atoms with Gasteiger partial charge in [0.25, 0.3) is 0 Å². The van der Waals surface area contributed by atoms with Crippen molar-refractivity contribution in [1.29, 1.82) is 0 Å². The van der Waals surface area contributed by atoms with Gasteiger partial charge in [0, 0.05) is 17.3 Å².